The van der Waals surface area contributed by atoms with E-state index in [1.54, 1.807) is 51.3 Å². The van der Waals surface area contributed by atoms with Crippen molar-refractivity contribution in [3.8, 4) is 23.3 Å². The van der Waals surface area contributed by atoms with E-state index in [0.717, 1.165) is 0 Å². The summed E-state index contributed by atoms with van der Waals surface area (Å²) in [5.74, 6) is 0.948. The second-order valence-electron chi connectivity index (χ2n) is 8.05. The molecule has 4 rings (SSSR count). The van der Waals surface area contributed by atoms with Crippen molar-refractivity contribution in [1.29, 1.82) is 5.26 Å². The maximum absolute atomic E-state index is 13.8. The minimum absolute atomic E-state index is 0.113. The van der Waals surface area contributed by atoms with E-state index in [1.165, 1.54) is 23.0 Å². The average molecular weight is 598 g/mol. The van der Waals surface area contributed by atoms with E-state index in [1.807, 2.05) is 18.2 Å². The smallest absolute Gasteiger partial charge is 0.338 e. The summed E-state index contributed by atoms with van der Waals surface area (Å²) in [6, 6.07) is 11.8. The number of hydrogen-bond donors (Lipinski definition) is 0. The van der Waals surface area contributed by atoms with E-state index < -0.39 is 12.0 Å². The fourth-order valence-corrected chi connectivity index (χ4v) is 5.72. The summed E-state index contributed by atoms with van der Waals surface area (Å²) in [5.41, 5.74) is 1.87. The molecule has 0 spiro atoms. The SMILES string of the molecule is CCOC(=O)C1=C(C)N=c2s/c(=C/c3ccc(OCC#N)c(OC)c3)c(=O)n2[C@H]1c1ccc(OC)c(Br)c1. The molecule has 1 aromatic heterocycles. The van der Waals surface area contributed by atoms with E-state index >= 15 is 0 Å². The molecule has 9 nitrogen and oxygen atoms in total. The molecule has 0 radical (unpaired) electrons. The Kier molecular flexibility index (Phi) is 8.34. The van der Waals surface area contributed by atoms with Crippen molar-refractivity contribution < 1.29 is 23.7 Å². The number of aromatic nitrogens is 1. The highest BCUT2D eigenvalue weighted by Crippen LogP contribution is 2.35. The molecule has 38 heavy (non-hydrogen) atoms. The number of thiazole rings is 1. The number of carbonyl (C=O) groups is 1. The van der Waals surface area contributed by atoms with Gasteiger partial charge in [0.25, 0.3) is 5.56 Å². The van der Waals surface area contributed by atoms with Gasteiger partial charge >= 0.3 is 5.97 Å². The van der Waals surface area contributed by atoms with Gasteiger partial charge in [-0.3, -0.25) is 9.36 Å². The van der Waals surface area contributed by atoms with Gasteiger partial charge < -0.3 is 18.9 Å². The van der Waals surface area contributed by atoms with Gasteiger partial charge in [0, 0.05) is 0 Å². The number of carbonyl (C=O) groups excluding carboxylic acids is 1. The number of nitriles is 1. The zero-order chi connectivity index (χ0) is 27.4. The lowest BCUT2D eigenvalue weighted by atomic mass is 9.96. The standard InChI is InChI=1S/C27H24BrN3O6S/c1-5-36-26(33)23-15(2)30-27-31(24(23)17-7-9-19(34-3)18(28)14-17)25(32)22(38-27)13-16-6-8-20(37-11-10-29)21(12-16)35-4/h6-9,12-14,24H,5,11H2,1-4H3/b22-13+/t24-/m0/s1. The number of fused-ring (bicyclic) bond motifs is 1. The first-order valence-electron chi connectivity index (χ1n) is 11.5. The van der Waals surface area contributed by atoms with E-state index in [2.05, 4.69) is 20.9 Å². The number of nitrogens with zero attached hydrogens (tertiary/aromatic N) is 3. The second-order valence-corrected chi connectivity index (χ2v) is 9.92. The second kappa shape index (κ2) is 11.7. The van der Waals surface area contributed by atoms with E-state index in [9.17, 15) is 9.59 Å². The van der Waals surface area contributed by atoms with Crippen LogP contribution < -0.4 is 29.1 Å². The summed E-state index contributed by atoms with van der Waals surface area (Å²) in [4.78, 5) is 31.9. The van der Waals surface area contributed by atoms with Crippen molar-refractivity contribution in [2.24, 2.45) is 4.99 Å². The monoisotopic (exact) mass is 597 g/mol. The third kappa shape index (κ3) is 5.23. The molecule has 1 atom stereocenters. The van der Waals surface area contributed by atoms with Gasteiger partial charge in [-0.25, -0.2) is 9.79 Å². The Balaban J connectivity index is 1.89. The quantitative estimate of drug-likeness (QED) is 0.365. The van der Waals surface area contributed by atoms with Gasteiger partial charge in [0.15, 0.2) is 22.9 Å². The minimum Gasteiger partial charge on any atom is -0.496 e. The van der Waals surface area contributed by atoms with Crippen molar-refractivity contribution in [1.82, 2.24) is 4.57 Å². The van der Waals surface area contributed by atoms with Crippen LogP contribution in [0, 0.1) is 11.3 Å². The van der Waals surface area contributed by atoms with Crippen LogP contribution in [-0.2, 0) is 9.53 Å². The first kappa shape index (κ1) is 27.2. The highest BCUT2D eigenvalue weighted by molar-refractivity contribution is 9.10. The van der Waals surface area contributed by atoms with Gasteiger partial charge in [0.1, 0.15) is 11.8 Å². The lowest BCUT2D eigenvalue weighted by Crippen LogP contribution is -2.39. The van der Waals surface area contributed by atoms with Crippen LogP contribution in [0.2, 0.25) is 0 Å². The highest BCUT2D eigenvalue weighted by Gasteiger charge is 2.33. The normalized spacial score (nSPS) is 14.8. The molecule has 2 heterocycles. The van der Waals surface area contributed by atoms with Crippen LogP contribution in [0.5, 0.6) is 17.2 Å². The molecule has 0 saturated heterocycles. The van der Waals surface area contributed by atoms with E-state index in [4.69, 9.17) is 24.2 Å². The molecule has 0 saturated carbocycles. The van der Waals surface area contributed by atoms with Gasteiger partial charge in [-0.15, -0.1) is 0 Å². The molecule has 0 bridgehead atoms. The van der Waals surface area contributed by atoms with Crippen LogP contribution >= 0.6 is 27.3 Å². The van der Waals surface area contributed by atoms with Crippen LogP contribution in [-0.4, -0.2) is 38.0 Å². The zero-order valence-electron chi connectivity index (χ0n) is 21.1. The maximum Gasteiger partial charge on any atom is 0.338 e. The van der Waals surface area contributed by atoms with Crippen molar-refractivity contribution in [2.75, 3.05) is 27.4 Å². The summed E-state index contributed by atoms with van der Waals surface area (Å²) in [6.07, 6.45) is 1.73. The van der Waals surface area contributed by atoms with Crippen LogP contribution in [0.25, 0.3) is 6.08 Å². The van der Waals surface area contributed by atoms with Gasteiger partial charge in [-0.1, -0.05) is 23.5 Å². The number of benzene rings is 2. The molecular formula is C27H24BrN3O6S. The van der Waals surface area contributed by atoms with Gasteiger partial charge in [-0.2, -0.15) is 5.26 Å². The predicted octanol–water partition coefficient (Wildman–Crippen LogP) is 3.48. The Labute approximate surface area is 231 Å². The lowest BCUT2D eigenvalue weighted by molar-refractivity contribution is -0.139. The Morgan fingerprint density at radius 3 is 2.58 bits per heavy atom. The molecule has 3 aromatic rings. The molecule has 0 amide bonds. The number of hydrogen-bond acceptors (Lipinski definition) is 9. The van der Waals surface area contributed by atoms with Gasteiger partial charge in [0.05, 0.1) is 47.1 Å². The van der Waals surface area contributed by atoms with Gasteiger partial charge in [-0.05, 0) is 71.2 Å². The summed E-state index contributed by atoms with van der Waals surface area (Å²) < 4.78 is 24.1. The first-order valence-corrected chi connectivity index (χ1v) is 13.1. The molecular weight excluding hydrogens is 574 g/mol. The molecule has 1 aliphatic rings. The number of allylic oxidation sites excluding steroid dienone is 1. The van der Waals surface area contributed by atoms with Crippen molar-refractivity contribution >= 4 is 39.3 Å². The fourth-order valence-electron chi connectivity index (χ4n) is 4.11. The Morgan fingerprint density at radius 2 is 1.92 bits per heavy atom. The summed E-state index contributed by atoms with van der Waals surface area (Å²) in [6.45, 7) is 3.54. The third-order valence-electron chi connectivity index (χ3n) is 5.79. The Hall–Kier alpha value is -3.88. The van der Waals surface area contributed by atoms with Crippen LogP contribution in [0.3, 0.4) is 0 Å². The Bertz CT molecular complexity index is 1650. The van der Waals surface area contributed by atoms with E-state index in [0.29, 0.717) is 53.5 Å². The van der Waals surface area contributed by atoms with Crippen molar-refractivity contribution in [3.63, 3.8) is 0 Å². The van der Waals surface area contributed by atoms with Crippen molar-refractivity contribution in [3.05, 3.63) is 83.0 Å². The molecule has 0 fully saturated rings. The third-order valence-corrected chi connectivity index (χ3v) is 7.39. The average Bonchev–Trinajstić information content (AvgIpc) is 3.20. The predicted molar refractivity (Wildman–Crippen MR) is 145 cm³/mol. The highest BCUT2D eigenvalue weighted by atomic mass is 79.9. The summed E-state index contributed by atoms with van der Waals surface area (Å²) in [5, 5.41) is 8.79. The van der Waals surface area contributed by atoms with Crippen LogP contribution in [0.4, 0.5) is 0 Å². The molecule has 1 aliphatic heterocycles. The number of ether oxygens (including phenoxy) is 4. The lowest BCUT2D eigenvalue weighted by Gasteiger charge is -2.25. The molecule has 11 heteroatoms. The van der Waals surface area contributed by atoms with E-state index in [-0.39, 0.29) is 18.8 Å². The van der Waals surface area contributed by atoms with Crippen LogP contribution in [0.1, 0.15) is 31.0 Å². The molecule has 0 aliphatic carbocycles. The largest absolute Gasteiger partial charge is 0.496 e. The molecule has 196 valence electrons. The van der Waals surface area contributed by atoms with Crippen LogP contribution in [0.15, 0.2) is 61.9 Å². The van der Waals surface area contributed by atoms with Crippen molar-refractivity contribution in [2.45, 2.75) is 19.9 Å². The minimum atomic E-state index is -0.744. The summed E-state index contributed by atoms with van der Waals surface area (Å²) >= 11 is 4.73. The number of esters is 1. The molecule has 0 unspecified atom stereocenters. The summed E-state index contributed by atoms with van der Waals surface area (Å²) in [7, 11) is 3.06. The number of halogens is 1. The van der Waals surface area contributed by atoms with Gasteiger partial charge in [0.2, 0.25) is 0 Å². The Morgan fingerprint density at radius 1 is 1.18 bits per heavy atom. The topological polar surface area (TPSA) is 112 Å². The maximum atomic E-state index is 13.8. The fraction of sp³-hybridized carbons (Fsp3) is 0.259. The molecule has 2 aromatic carbocycles. The number of rotatable bonds is 8. The molecule has 0 N–H and O–H groups in total. The zero-order valence-corrected chi connectivity index (χ0v) is 23.5. The first-order chi connectivity index (χ1) is 18.3. The number of methoxy groups -OCH3 is 2.